The van der Waals surface area contributed by atoms with Crippen LogP contribution in [0, 0.1) is 6.92 Å². The fourth-order valence-electron chi connectivity index (χ4n) is 3.53. The number of halogens is 1. The highest BCUT2D eigenvalue weighted by Crippen LogP contribution is 2.34. The lowest BCUT2D eigenvalue weighted by molar-refractivity contribution is 0.0518. The maximum atomic E-state index is 12.0. The van der Waals surface area contributed by atoms with Gasteiger partial charge in [0.25, 0.3) is 0 Å². The van der Waals surface area contributed by atoms with Gasteiger partial charge in [-0.05, 0) is 51.3 Å². The number of hydrogen-bond donors (Lipinski definition) is 0. The Morgan fingerprint density at radius 2 is 2.04 bits per heavy atom. The average molecular weight is 419 g/mol. The largest absolute Gasteiger partial charge is 0.461 e. The number of esters is 1. The van der Waals surface area contributed by atoms with Crippen LogP contribution in [0.1, 0.15) is 47.9 Å². The van der Waals surface area contributed by atoms with Crippen molar-refractivity contribution in [2.75, 3.05) is 24.6 Å². The predicted molar refractivity (Wildman–Crippen MR) is 113 cm³/mol. The Labute approximate surface area is 173 Å². The van der Waals surface area contributed by atoms with Gasteiger partial charge >= 0.3 is 5.97 Å². The van der Waals surface area contributed by atoms with Gasteiger partial charge in [0.15, 0.2) is 10.8 Å². The second-order valence-electron chi connectivity index (χ2n) is 7.00. The Balaban J connectivity index is 1.66. The van der Waals surface area contributed by atoms with Crippen LogP contribution >= 0.6 is 22.9 Å². The summed E-state index contributed by atoms with van der Waals surface area (Å²) in [6, 6.07) is 5.67. The molecule has 28 heavy (non-hydrogen) atoms. The van der Waals surface area contributed by atoms with Crippen LogP contribution in [-0.4, -0.2) is 40.4 Å². The average Bonchev–Trinajstić information content (AvgIpc) is 3.27. The SMILES string of the molecule is CCOC(=O)c1cc(C)n(Cc2cc(Cl)cc3sc(N4CCCCC4)nc23)n1. The molecular weight excluding hydrogens is 396 g/mol. The van der Waals surface area contributed by atoms with Crippen LogP contribution in [-0.2, 0) is 11.3 Å². The highest BCUT2D eigenvalue weighted by Gasteiger charge is 2.19. The Bertz CT molecular complexity index is 1010. The van der Waals surface area contributed by atoms with E-state index in [1.807, 2.05) is 19.1 Å². The first-order valence-electron chi connectivity index (χ1n) is 9.60. The monoisotopic (exact) mass is 418 g/mol. The minimum Gasteiger partial charge on any atom is -0.461 e. The van der Waals surface area contributed by atoms with Gasteiger partial charge in [0.2, 0.25) is 0 Å². The van der Waals surface area contributed by atoms with E-state index in [9.17, 15) is 4.79 Å². The third-order valence-electron chi connectivity index (χ3n) is 4.94. The van der Waals surface area contributed by atoms with E-state index in [1.165, 1.54) is 19.3 Å². The maximum absolute atomic E-state index is 12.0. The number of aromatic nitrogens is 3. The number of carbonyl (C=O) groups is 1. The van der Waals surface area contributed by atoms with Crippen molar-refractivity contribution in [3.63, 3.8) is 0 Å². The van der Waals surface area contributed by atoms with Crippen LogP contribution in [0.25, 0.3) is 10.2 Å². The van der Waals surface area contributed by atoms with Crippen molar-refractivity contribution in [2.24, 2.45) is 0 Å². The van der Waals surface area contributed by atoms with Gasteiger partial charge in [-0.25, -0.2) is 9.78 Å². The van der Waals surface area contributed by atoms with Gasteiger partial charge in [0.1, 0.15) is 0 Å². The number of nitrogens with zero attached hydrogens (tertiary/aromatic N) is 4. The summed E-state index contributed by atoms with van der Waals surface area (Å²) in [6.07, 6.45) is 3.72. The minimum atomic E-state index is -0.401. The van der Waals surface area contributed by atoms with E-state index in [0.29, 0.717) is 23.9 Å². The lowest BCUT2D eigenvalue weighted by atomic mass is 10.1. The molecule has 3 aromatic rings. The molecule has 8 heteroatoms. The number of fused-ring (bicyclic) bond motifs is 1. The van der Waals surface area contributed by atoms with Crippen molar-refractivity contribution in [3.8, 4) is 0 Å². The minimum absolute atomic E-state index is 0.324. The number of hydrogen-bond acceptors (Lipinski definition) is 6. The number of carbonyl (C=O) groups excluding carboxylic acids is 1. The molecule has 1 fully saturated rings. The molecule has 0 radical (unpaired) electrons. The molecule has 0 N–H and O–H groups in total. The fourth-order valence-corrected chi connectivity index (χ4v) is 4.94. The molecule has 0 bridgehead atoms. The van der Waals surface area contributed by atoms with Gasteiger partial charge in [-0.2, -0.15) is 5.10 Å². The Kier molecular flexibility index (Phi) is 5.55. The highest BCUT2D eigenvalue weighted by molar-refractivity contribution is 7.22. The quantitative estimate of drug-likeness (QED) is 0.563. The van der Waals surface area contributed by atoms with Gasteiger partial charge < -0.3 is 9.64 Å². The summed E-state index contributed by atoms with van der Waals surface area (Å²) in [5, 5.41) is 6.17. The lowest BCUT2D eigenvalue weighted by Gasteiger charge is -2.25. The molecule has 6 nitrogen and oxygen atoms in total. The van der Waals surface area contributed by atoms with Gasteiger partial charge in [-0.15, -0.1) is 0 Å². The third-order valence-corrected chi connectivity index (χ3v) is 6.22. The molecule has 1 saturated heterocycles. The van der Waals surface area contributed by atoms with Crippen LogP contribution in [0.3, 0.4) is 0 Å². The van der Waals surface area contributed by atoms with Crippen LogP contribution in [0.5, 0.6) is 0 Å². The maximum Gasteiger partial charge on any atom is 0.358 e. The number of benzene rings is 1. The number of thiazole rings is 1. The summed E-state index contributed by atoms with van der Waals surface area (Å²) in [7, 11) is 0. The fraction of sp³-hybridized carbons (Fsp3) is 0.450. The number of piperidine rings is 1. The predicted octanol–water partition coefficient (Wildman–Crippen LogP) is 4.67. The molecule has 1 aliphatic heterocycles. The number of rotatable bonds is 5. The molecule has 0 amide bonds. The lowest BCUT2D eigenvalue weighted by Crippen LogP contribution is -2.29. The van der Waals surface area contributed by atoms with Crippen molar-refractivity contribution < 1.29 is 9.53 Å². The van der Waals surface area contributed by atoms with E-state index in [-0.39, 0.29) is 0 Å². The van der Waals surface area contributed by atoms with Crippen molar-refractivity contribution in [1.29, 1.82) is 0 Å². The normalized spacial score (nSPS) is 14.6. The van der Waals surface area contributed by atoms with Crippen LogP contribution in [0.2, 0.25) is 5.02 Å². The highest BCUT2D eigenvalue weighted by atomic mass is 35.5. The topological polar surface area (TPSA) is 60.2 Å². The summed E-state index contributed by atoms with van der Waals surface area (Å²) < 4.78 is 7.94. The molecule has 2 aromatic heterocycles. The molecule has 1 aliphatic rings. The molecule has 0 saturated carbocycles. The first-order valence-corrected chi connectivity index (χ1v) is 10.8. The number of ether oxygens (including phenoxy) is 1. The van der Waals surface area contributed by atoms with E-state index in [2.05, 4.69) is 10.00 Å². The molecule has 3 heterocycles. The zero-order valence-electron chi connectivity index (χ0n) is 16.1. The van der Waals surface area contributed by atoms with E-state index in [4.69, 9.17) is 21.3 Å². The third kappa shape index (κ3) is 3.86. The molecular formula is C20H23ClN4O2S. The smallest absolute Gasteiger partial charge is 0.358 e. The number of aryl methyl sites for hydroxylation is 1. The molecule has 1 aromatic carbocycles. The van der Waals surface area contributed by atoms with Crippen molar-refractivity contribution in [2.45, 2.75) is 39.7 Å². The second kappa shape index (κ2) is 8.09. The molecule has 4 rings (SSSR count). The van der Waals surface area contributed by atoms with E-state index < -0.39 is 5.97 Å². The Morgan fingerprint density at radius 3 is 2.79 bits per heavy atom. The van der Waals surface area contributed by atoms with Gasteiger partial charge in [-0.1, -0.05) is 22.9 Å². The van der Waals surface area contributed by atoms with Gasteiger partial charge in [0, 0.05) is 29.4 Å². The van der Waals surface area contributed by atoms with Crippen LogP contribution in [0.4, 0.5) is 5.13 Å². The Morgan fingerprint density at radius 1 is 1.25 bits per heavy atom. The molecule has 148 valence electrons. The summed E-state index contributed by atoms with van der Waals surface area (Å²) >= 11 is 8.07. The van der Waals surface area contributed by atoms with Gasteiger partial charge in [-0.3, -0.25) is 4.68 Å². The standard InChI is InChI=1S/C20H23ClN4O2S/c1-3-27-19(26)16-9-13(2)25(23-16)12-14-10-15(21)11-17-18(14)22-20(28-17)24-7-5-4-6-8-24/h9-11H,3-8,12H2,1-2H3. The first-order chi connectivity index (χ1) is 13.5. The zero-order valence-corrected chi connectivity index (χ0v) is 17.6. The molecule has 0 aliphatic carbocycles. The Hall–Kier alpha value is -2.12. The first kappa shape index (κ1) is 19.2. The summed E-state index contributed by atoms with van der Waals surface area (Å²) in [5.74, 6) is -0.401. The molecule has 0 spiro atoms. The van der Waals surface area contributed by atoms with Crippen LogP contribution in [0.15, 0.2) is 18.2 Å². The summed E-state index contributed by atoms with van der Waals surface area (Å²) in [5.41, 5.74) is 3.18. The second-order valence-corrected chi connectivity index (χ2v) is 8.45. The van der Waals surface area contributed by atoms with E-state index in [1.54, 1.807) is 29.0 Å². The van der Waals surface area contributed by atoms with E-state index >= 15 is 0 Å². The van der Waals surface area contributed by atoms with Crippen molar-refractivity contribution >= 4 is 44.3 Å². The van der Waals surface area contributed by atoms with Crippen LogP contribution < -0.4 is 4.90 Å². The van der Waals surface area contributed by atoms with E-state index in [0.717, 1.165) is 39.7 Å². The number of anilines is 1. The molecule has 0 unspecified atom stereocenters. The molecule has 0 atom stereocenters. The summed E-state index contributed by atoms with van der Waals surface area (Å²) in [6.45, 7) is 6.67. The van der Waals surface area contributed by atoms with Crippen molar-refractivity contribution in [3.05, 3.63) is 40.2 Å². The van der Waals surface area contributed by atoms with Gasteiger partial charge in [0.05, 0.1) is 23.4 Å². The zero-order chi connectivity index (χ0) is 19.7. The van der Waals surface area contributed by atoms with Crippen molar-refractivity contribution in [1.82, 2.24) is 14.8 Å². The summed E-state index contributed by atoms with van der Waals surface area (Å²) in [4.78, 5) is 19.3.